The molecule has 0 bridgehead atoms. The Labute approximate surface area is 65.7 Å². The molecular formula is C6H4FIO. The fraction of sp³-hybridized carbons (Fsp3) is 0. The molecule has 0 heterocycles. The van der Waals surface area contributed by atoms with E-state index < -0.39 is 5.82 Å². The molecule has 1 N–H and O–H groups in total. The Morgan fingerprint density at radius 2 is 2.11 bits per heavy atom. The summed E-state index contributed by atoms with van der Waals surface area (Å²) < 4.78 is 13.1. The van der Waals surface area contributed by atoms with Crippen molar-refractivity contribution < 1.29 is 9.50 Å². The van der Waals surface area contributed by atoms with Gasteiger partial charge in [-0.1, -0.05) is 0 Å². The van der Waals surface area contributed by atoms with Gasteiger partial charge in [0.15, 0.2) is 11.6 Å². The van der Waals surface area contributed by atoms with Gasteiger partial charge in [-0.15, -0.1) is 0 Å². The van der Waals surface area contributed by atoms with Crippen molar-refractivity contribution in [3.8, 4) is 5.75 Å². The molecule has 0 spiro atoms. The molecule has 1 rings (SSSR count). The maximum Gasteiger partial charge on any atom is 0.164 e. The zero-order valence-electron chi connectivity index (χ0n) is 4.44. The molecule has 0 radical (unpaired) electrons. The first-order valence-corrected chi connectivity index (χ1v) is 3.42. The minimum absolute atomic E-state index is 0.290. The molecule has 9 heavy (non-hydrogen) atoms. The van der Waals surface area contributed by atoms with Crippen molar-refractivity contribution in [1.29, 1.82) is 0 Å². The van der Waals surface area contributed by atoms with Crippen molar-refractivity contribution in [2.75, 3.05) is 0 Å². The quantitative estimate of drug-likeness (QED) is 0.686. The van der Waals surface area contributed by atoms with E-state index in [1.165, 1.54) is 12.1 Å². The second-order valence-electron chi connectivity index (χ2n) is 1.60. The fourth-order valence-electron chi connectivity index (χ4n) is 0.486. The van der Waals surface area contributed by atoms with Crippen molar-refractivity contribution in [3.05, 3.63) is 27.6 Å². The molecule has 0 saturated carbocycles. The van der Waals surface area contributed by atoms with Crippen LogP contribution in [0.5, 0.6) is 5.75 Å². The van der Waals surface area contributed by atoms with Gasteiger partial charge in [0, 0.05) is 3.57 Å². The van der Waals surface area contributed by atoms with Gasteiger partial charge in [-0.05, 0) is 40.8 Å². The average molecular weight is 238 g/mol. The average Bonchev–Trinajstić information content (AvgIpc) is 1.80. The van der Waals surface area contributed by atoms with Gasteiger partial charge in [0.2, 0.25) is 0 Å². The molecule has 0 saturated heterocycles. The van der Waals surface area contributed by atoms with Crippen LogP contribution in [0.4, 0.5) is 4.39 Å². The summed E-state index contributed by atoms with van der Waals surface area (Å²) in [7, 11) is 0. The first kappa shape index (κ1) is 6.80. The van der Waals surface area contributed by atoms with Gasteiger partial charge in [-0.2, -0.15) is 0 Å². The SMILES string of the molecule is Oc1cc(I)ccc1F. The third-order valence-corrected chi connectivity index (χ3v) is 1.58. The highest BCUT2D eigenvalue weighted by Gasteiger charge is 1.97. The standard InChI is InChI=1S/C6H4FIO/c7-5-2-1-4(8)3-6(5)9/h1-3,9H. The van der Waals surface area contributed by atoms with Gasteiger partial charge in [0.1, 0.15) is 0 Å². The Morgan fingerprint density at radius 3 is 2.56 bits per heavy atom. The van der Waals surface area contributed by atoms with Gasteiger partial charge in [-0.25, -0.2) is 4.39 Å². The summed E-state index contributed by atoms with van der Waals surface area (Å²) in [6.07, 6.45) is 0. The van der Waals surface area contributed by atoms with Gasteiger partial charge in [0.25, 0.3) is 0 Å². The maximum atomic E-state index is 12.2. The van der Waals surface area contributed by atoms with E-state index in [2.05, 4.69) is 0 Å². The Morgan fingerprint density at radius 1 is 1.44 bits per heavy atom. The lowest BCUT2D eigenvalue weighted by molar-refractivity contribution is 0.432. The summed E-state index contributed by atoms with van der Waals surface area (Å²) in [6.45, 7) is 0. The van der Waals surface area contributed by atoms with Crippen LogP contribution < -0.4 is 0 Å². The van der Waals surface area contributed by atoms with Crippen LogP contribution in [0.3, 0.4) is 0 Å². The molecule has 1 aromatic rings. The summed E-state index contributed by atoms with van der Waals surface area (Å²) in [5, 5.41) is 8.72. The van der Waals surface area contributed by atoms with Gasteiger partial charge >= 0.3 is 0 Å². The van der Waals surface area contributed by atoms with Crippen molar-refractivity contribution >= 4 is 22.6 Å². The monoisotopic (exact) mass is 238 g/mol. The topological polar surface area (TPSA) is 20.2 Å². The Bertz CT molecular complexity index is 224. The fourth-order valence-corrected chi connectivity index (χ4v) is 0.961. The largest absolute Gasteiger partial charge is 0.505 e. The van der Waals surface area contributed by atoms with E-state index >= 15 is 0 Å². The minimum atomic E-state index is -0.574. The van der Waals surface area contributed by atoms with E-state index in [4.69, 9.17) is 5.11 Å². The number of aromatic hydroxyl groups is 1. The summed E-state index contributed by atoms with van der Waals surface area (Å²) in [4.78, 5) is 0. The Balaban J connectivity index is 3.17. The molecule has 0 atom stereocenters. The second-order valence-corrected chi connectivity index (χ2v) is 2.84. The zero-order valence-corrected chi connectivity index (χ0v) is 6.59. The van der Waals surface area contributed by atoms with E-state index in [1.807, 2.05) is 22.6 Å². The normalized spacial score (nSPS) is 9.56. The van der Waals surface area contributed by atoms with Crippen LogP contribution in [0.2, 0.25) is 0 Å². The number of rotatable bonds is 0. The lowest BCUT2D eigenvalue weighted by Crippen LogP contribution is -1.75. The Hall–Kier alpha value is -0.320. The van der Waals surface area contributed by atoms with E-state index in [-0.39, 0.29) is 5.75 Å². The lowest BCUT2D eigenvalue weighted by atomic mass is 10.3. The highest BCUT2D eigenvalue weighted by atomic mass is 127. The van der Waals surface area contributed by atoms with Crippen molar-refractivity contribution in [2.45, 2.75) is 0 Å². The first-order valence-electron chi connectivity index (χ1n) is 2.34. The van der Waals surface area contributed by atoms with Crippen molar-refractivity contribution in [2.24, 2.45) is 0 Å². The van der Waals surface area contributed by atoms with Crippen molar-refractivity contribution in [3.63, 3.8) is 0 Å². The molecule has 0 aliphatic carbocycles. The van der Waals surface area contributed by atoms with Crippen LogP contribution in [-0.2, 0) is 0 Å². The van der Waals surface area contributed by atoms with Crippen LogP contribution in [0.15, 0.2) is 18.2 Å². The number of hydrogen-bond acceptors (Lipinski definition) is 1. The van der Waals surface area contributed by atoms with Crippen LogP contribution in [-0.4, -0.2) is 5.11 Å². The molecule has 0 amide bonds. The van der Waals surface area contributed by atoms with Crippen LogP contribution in [0.1, 0.15) is 0 Å². The van der Waals surface area contributed by atoms with E-state index in [9.17, 15) is 4.39 Å². The maximum absolute atomic E-state index is 12.2. The number of phenols is 1. The van der Waals surface area contributed by atoms with Crippen molar-refractivity contribution in [1.82, 2.24) is 0 Å². The van der Waals surface area contributed by atoms with E-state index in [1.54, 1.807) is 6.07 Å². The van der Waals surface area contributed by atoms with Crippen LogP contribution in [0, 0.1) is 9.39 Å². The predicted molar refractivity (Wildman–Crippen MR) is 40.8 cm³/mol. The predicted octanol–water partition coefficient (Wildman–Crippen LogP) is 2.14. The third kappa shape index (κ3) is 1.54. The third-order valence-electron chi connectivity index (χ3n) is 0.908. The molecular weight excluding hydrogens is 234 g/mol. The summed E-state index contributed by atoms with van der Waals surface area (Å²) in [6, 6.07) is 4.20. The molecule has 1 aromatic carbocycles. The van der Waals surface area contributed by atoms with Crippen LogP contribution in [0.25, 0.3) is 0 Å². The highest BCUT2D eigenvalue weighted by Crippen LogP contribution is 2.17. The summed E-state index contributed by atoms with van der Waals surface area (Å²) in [5.74, 6) is -0.864. The second kappa shape index (κ2) is 2.51. The number of phenolic OH excluding ortho intramolecular Hbond substituents is 1. The molecule has 3 heteroatoms. The number of hydrogen-bond donors (Lipinski definition) is 1. The van der Waals surface area contributed by atoms with E-state index in [0.29, 0.717) is 0 Å². The molecule has 1 nitrogen and oxygen atoms in total. The number of halogens is 2. The molecule has 0 fully saturated rings. The smallest absolute Gasteiger partial charge is 0.164 e. The molecule has 0 aliphatic heterocycles. The summed E-state index contributed by atoms with van der Waals surface area (Å²) in [5.41, 5.74) is 0. The van der Waals surface area contributed by atoms with E-state index in [0.717, 1.165) is 3.57 Å². The molecule has 0 aliphatic rings. The molecule has 0 unspecified atom stereocenters. The van der Waals surface area contributed by atoms with Gasteiger partial charge in [0.05, 0.1) is 0 Å². The number of benzene rings is 1. The van der Waals surface area contributed by atoms with Crippen LogP contribution >= 0.6 is 22.6 Å². The first-order chi connectivity index (χ1) is 4.20. The molecule has 0 aromatic heterocycles. The minimum Gasteiger partial charge on any atom is -0.505 e. The summed E-state index contributed by atoms with van der Waals surface area (Å²) >= 11 is 2.00. The lowest BCUT2D eigenvalue weighted by Gasteiger charge is -1.92. The van der Waals surface area contributed by atoms with Gasteiger partial charge in [-0.3, -0.25) is 0 Å². The Kier molecular flexibility index (Phi) is 1.90. The highest BCUT2D eigenvalue weighted by molar-refractivity contribution is 14.1. The van der Waals surface area contributed by atoms with Gasteiger partial charge < -0.3 is 5.11 Å². The zero-order chi connectivity index (χ0) is 6.85. The molecule has 48 valence electrons.